The number of aliphatic hydroxyl groups is 5. The van der Waals surface area contributed by atoms with Crippen LogP contribution < -0.4 is 10.4 Å². The van der Waals surface area contributed by atoms with Crippen LogP contribution in [0.5, 0.6) is 11.5 Å². The number of rotatable bonds is 1. The van der Waals surface area contributed by atoms with Crippen molar-refractivity contribution in [3.8, 4) is 11.5 Å². The van der Waals surface area contributed by atoms with Crippen LogP contribution in [0.1, 0.15) is 17.4 Å². The zero-order chi connectivity index (χ0) is 27.4. The number of hydrogen-bond donors (Lipinski definition) is 6. The van der Waals surface area contributed by atoms with Crippen LogP contribution in [-0.4, -0.2) is 79.5 Å². The number of aryl methyl sites for hydroxylation is 1. The van der Waals surface area contributed by atoms with Crippen LogP contribution >= 0.6 is 0 Å². The first-order valence-electron chi connectivity index (χ1n) is 11.3. The van der Waals surface area contributed by atoms with Gasteiger partial charge in [0.1, 0.15) is 41.3 Å². The molecule has 1 fully saturated rings. The van der Waals surface area contributed by atoms with Crippen molar-refractivity contribution < 1.29 is 58.9 Å². The van der Waals surface area contributed by atoms with E-state index in [4.69, 9.17) is 18.6 Å². The van der Waals surface area contributed by atoms with Crippen molar-refractivity contribution in [3.05, 3.63) is 68.2 Å². The molecule has 1 aromatic heterocycles. The van der Waals surface area contributed by atoms with Gasteiger partial charge in [-0.05, 0) is 24.4 Å². The molecule has 3 heterocycles. The van der Waals surface area contributed by atoms with E-state index in [1.165, 1.54) is 19.1 Å². The third-order valence-electron chi connectivity index (χ3n) is 7.27. The second-order valence-corrected chi connectivity index (χ2v) is 9.35. The van der Waals surface area contributed by atoms with Crippen molar-refractivity contribution in [3.63, 3.8) is 0 Å². The topological polar surface area (TPSA) is 213 Å². The number of phenols is 1. The fraction of sp³-hybridized carbons (Fsp3) is 0.320. The molecule has 0 bridgehead atoms. The normalized spacial score (nSPS) is 32.3. The summed E-state index contributed by atoms with van der Waals surface area (Å²) in [5, 5.41) is 66.1. The number of phenolic OH excluding ortho intramolecular Hbond substituents is 1. The average Bonchev–Trinajstić information content (AvgIpc) is 3.16. The van der Waals surface area contributed by atoms with Gasteiger partial charge in [-0.2, -0.15) is 0 Å². The molecule has 2 aliphatic heterocycles. The molecule has 0 saturated carbocycles. The van der Waals surface area contributed by atoms with Crippen molar-refractivity contribution in [2.24, 2.45) is 0 Å². The Morgan fingerprint density at radius 2 is 1.74 bits per heavy atom. The van der Waals surface area contributed by atoms with Gasteiger partial charge in [-0.1, -0.05) is 0 Å². The molecule has 1 saturated heterocycles. The Balaban J connectivity index is 1.51. The Labute approximate surface area is 211 Å². The molecule has 1 spiro atoms. The third kappa shape index (κ3) is 2.84. The number of methoxy groups -OCH3 is 1. The maximum atomic E-state index is 12.8. The number of hydrogen-bond acceptors (Lipinski definition) is 13. The van der Waals surface area contributed by atoms with Crippen molar-refractivity contribution in [1.29, 1.82) is 0 Å². The number of ether oxygens (including phenoxy) is 3. The zero-order valence-corrected chi connectivity index (χ0v) is 19.7. The van der Waals surface area contributed by atoms with Crippen LogP contribution in [0.2, 0.25) is 0 Å². The minimum Gasteiger partial charge on any atom is -0.507 e. The molecule has 4 aliphatic rings. The van der Waals surface area contributed by atoms with E-state index in [-0.39, 0.29) is 22.1 Å². The molecule has 6 atom stereocenters. The monoisotopic (exact) mass is 528 g/mol. The first-order chi connectivity index (χ1) is 17.9. The first kappa shape index (κ1) is 24.3. The number of benzene rings is 1. The van der Waals surface area contributed by atoms with E-state index in [0.717, 1.165) is 13.2 Å². The molecule has 6 rings (SSSR count). The standard InChI is InChI=1S/C25H20O13/c1-6-3-7-4-8-15(27)23(33)25(37-20(8)18(30)11(7)24(34)36-6)22(32)14-17(29)12-9(26)5-10(35-2)16(28)13(12)19(31)21(14)38-25/h3-5,15,19,21-23,27,29-33H,1-2H3. The van der Waals surface area contributed by atoms with E-state index in [2.05, 4.69) is 0 Å². The predicted octanol–water partition coefficient (Wildman–Crippen LogP) is -0.785. The Hall–Kier alpha value is -4.01. The van der Waals surface area contributed by atoms with E-state index in [1.54, 1.807) is 0 Å². The van der Waals surface area contributed by atoms with Gasteiger partial charge in [-0.15, -0.1) is 0 Å². The highest BCUT2D eigenvalue weighted by molar-refractivity contribution is 6.24. The number of aliphatic hydroxyl groups excluding tert-OH is 5. The summed E-state index contributed by atoms with van der Waals surface area (Å²) in [7, 11) is 1.13. The van der Waals surface area contributed by atoms with Gasteiger partial charge in [0.05, 0.1) is 12.7 Å². The largest absolute Gasteiger partial charge is 0.507 e. The van der Waals surface area contributed by atoms with E-state index < -0.39 is 93.2 Å². The molecule has 0 amide bonds. The molecule has 2 aliphatic carbocycles. The molecule has 13 heteroatoms. The maximum Gasteiger partial charge on any atom is 0.347 e. The molecule has 2 aromatic rings. The summed E-state index contributed by atoms with van der Waals surface area (Å²) < 4.78 is 21.4. The van der Waals surface area contributed by atoms with E-state index in [9.17, 15) is 45.0 Å². The number of carbonyl (C=O) groups excluding carboxylic acids is 2. The fourth-order valence-corrected chi connectivity index (χ4v) is 5.52. The number of carbonyl (C=O) groups is 2. The Kier molecular flexibility index (Phi) is 4.96. The summed E-state index contributed by atoms with van der Waals surface area (Å²) in [5.74, 6) is -6.86. The van der Waals surface area contributed by atoms with Crippen molar-refractivity contribution in [1.82, 2.24) is 0 Å². The molecular weight excluding hydrogens is 508 g/mol. The summed E-state index contributed by atoms with van der Waals surface area (Å²) in [4.78, 5) is 38.0. The Morgan fingerprint density at radius 1 is 1.03 bits per heavy atom. The summed E-state index contributed by atoms with van der Waals surface area (Å²) in [5.41, 5.74) is -2.73. The smallest absolute Gasteiger partial charge is 0.347 e. The average molecular weight is 528 g/mol. The lowest BCUT2D eigenvalue weighted by molar-refractivity contribution is -0.290. The number of allylic oxidation sites excluding steroid dienone is 3. The van der Waals surface area contributed by atoms with Crippen molar-refractivity contribution in [2.45, 2.75) is 43.2 Å². The van der Waals surface area contributed by atoms with Gasteiger partial charge in [0.15, 0.2) is 29.1 Å². The highest BCUT2D eigenvalue weighted by Gasteiger charge is 2.67. The van der Waals surface area contributed by atoms with Crippen LogP contribution in [0.15, 0.2) is 55.7 Å². The van der Waals surface area contributed by atoms with Crippen LogP contribution in [-0.2, 0) is 19.1 Å². The van der Waals surface area contributed by atoms with Gasteiger partial charge in [-0.3, -0.25) is 9.59 Å². The maximum absolute atomic E-state index is 12.8. The number of fused-ring (bicyclic) bond motifs is 3. The molecule has 198 valence electrons. The van der Waals surface area contributed by atoms with E-state index >= 15 is 0 Å². The lowest BCUT2D eigenvalue weighted by Gasteiger charge is -2.43. The second kappa shape index (κ2) is 7.75. The first-order valence-corrected chi connectivity index (χ1v) is 11.3. The lowest BCUT2D eigenvalue weighted by Crippen LogP contribution is -2.59. The molecule has 38 heavy (non-hydrogen) atoms. The minimum atomic E-state index is -2.66. The van der Waals surface area contributed by atoms with Gasteiger partial charge in [0, 0.05) is 22.8 Å². The number of aromatic hydroxyl groups is 1. The van der Waals surface area contributed by atoms with Crippen molar-refractivity contribution in [2.75, 3.05) is 7.11 Å². The molecule has 6 N–H and O–H groups in total. The second-order valence-electron chi connectivity index (χ2n) is 9.35. The van der Waals surface area contributed by atoms with Crippen LogP contribution in [0.4, 0.5) is 0 Å². The molecular formula is C25H20O13. The molecule has 1 aromatic carbocycles. The van der Waals surface area contributed by atoms with Crippen LogP contribution in [0.25, 0.3) is 10.8 Å². The van der Waals surface area contributed by atoms with Crippen LogP contribution in [0.3, 0.4) is 0 Å². The number of ketones is 2. The fourth-order valence-electron chi connectivity index (χ4n) is 5.52. The lowest BCUT2D eigenvalue weighted by atomic mass is 9.77. The predicted molar refractivity (Wildman–Crippen MR) is 122 cm³/mol. The SMILES string of the molecule is COC1=CC(=O)C2=C(C1=O)C(O)C1OC3(Oc4c(cc5cc(C)oc(=O)c5c4O)C(O)C3O)C(O)C1=C2O. The highest BCUT2D eigenvalue weighted by Crippen LogP contribution is 2.54. The van der Waals surface area contributed by atoms with E-state index in [0.29, 0.717) is 0 Å². The van der Waals surface area contributed by atoms with Gasteiger partial charge in [0.25, 0.3) is 5.79 Å². The third-order valence-corrected chi connectivity index (χ3v) is 7.27. The quantitative estimate of drug-likeness (QED) is 0.251. The van der Waals surface area contributed by atoms with Gasteiger partial charge < -0.3 is 49.3 Å². The highest BCUT2D eigenvalue weighted by atomic mass is 16.7. The van der Waals surface area contributed by atoms with Gasteiger partial charge in [-0.25, -0.2) is 4.79 Å². The van der Waals surface area contributed by atoms with Crippen LogP contribution in [0, 0.1) is 6.92 Å². The van der Waals surface area contributed by atoms with Gasteiger partial charge in [0.2, 0.25) is 5.78 Å². The van der Waals surface area contributed by atoms with Gasteiger partial charge >= 0.3 is 5.63 Å². The zero-order valence-electron chi connectivity index (χ0n) is 19.7. The Morgan fingerprint density at radius 3 is 2.42 bits per heavy atom. The van der Waals surface area contributed by atoms with Crippen molar-refractivity contribution >= 4 is 22.3 Å². The molecule has 6 unspecified atom stereocenters. The Bertz CT molecular complexity index is 1630. The summed E-state index contributed by atoms with van der Waals surface area (Å²) in [6, 6.07) is 2.70. The number of Topliss-reactive ketones (excluding diaryl/α,β-unsaturated/α-hetero) is 1. The molecule has 0 radical (unpaired) electrons. The molecule has 13 nitrogen and oxygen atoms in total. The summed E-state index contributed by atoms with van der Waals surface area (Å²) in [6.07, 6.45) is -8.94. The summed E-state index contributed by atoms with van der Waals surface area (Å²) >= 11 is 0. The minimum absolute atomic E-state index is 0.153. The van der Waals surface area contributed by atoms with E-state index in [1.807, 2.05) is 0 Å². The summed E-state index contributed by atoms with van der Waals surface area (Å²) in [6.45, 7) is 1.50.